The lowest BCUT2D eigenvalue weighted by molar-refractivity contribution is -0.111. The molecule has 1 fully saturated rings. The predicted octanol–water partition coefficient (Wildman–Crippen LogP) is 2.50. The Morgan fingerprint density at radius 1 is 1.37 bits per heavy atom. The molecule has 6 heteroatoms. The molecule has 2 rings (SSSR count). The molecule has 1 aromatic rings. The van der Waals surface area contributed by atoms with E-state index in [1.54, 1.807) is 18.2 Å². The monoisotopic (exact) mass is 345 g/mol. The lowest BCUT2D eigenvalue weighted by Crippen LogP contribution is -2.44. The fraction of sp³-hybridized carbons (Fsp3) is 0.462. The number of rotatable bonds is 3. The van der Waals surface area contributed by atoms with Crippen molar-refractivity contribution in [2.45, 2.75) is 37.1 Å². The number of piperidine rings is 1. The van der Waals surface area contributed by atoms with Gasteiger partial charge in [-0.15, -0.1) is 0 Å². The van der Waals surface area contributed by atoms with E-state index in [0.717, 1.165) is 24.7 Å². The van der Waals surface area contributed by atoms with Gasteiger partial charge >= 0.3 is 0 Å². The van der Waals surface area contributed by atoms with Crippen LogP contribution < -0.4 is 0 Å². The Balaban J connectivity index is 2.43. The number of carbonyl (C=O) groups is 1. The average molecular weight is 346 g/mol. The minimum absolute atomic E-state index is 0.229. The molecule has 1 aromatic carbocycles. The van der Waals surface area contributed by atoms with Crippen molar-refractivity contribution in [2.24, 2.45) is 0 Å². The van der Waals surface area contributed by atoms with Crippen LogP contribution in [-0.4, -0.2) is 31.6 Å². The quantitative estimate of drug-likeness (QED) is 0.791. The summed E-state index contributed by atoms with van der Waals surface area (Å²) >= 11 is 3.30. The molecule has 1 unspecified atom stereocenters. The van der Waals surface area contributed by atoms with Crippen molar-refractivity contribution in [1.82, 2.24) is 4.31 Å². The van der Waals surface area contributed by atoms with Crippen molar-refractivity contribution in [1.29, 1.82) is 0 Å². The molecule has 0 aliphatic carbocycles. The van der Waals surface area contributed by atoms with Crippen molar-refractivity contribution in [2.75, 3.05) is 6.54 Å². The van der Waals surface area contributed by atoms with Crippen LogP contribution in [0.3, 0.4) is 0 Å². The Kier molecular flexibility index (Phi) is 4.43. The number of nitrogens with zero attached hydrogens (tertiary/aromatic N) is 1. The van der Waals surface area contributed by atoms with E-state index in [4.69, 9.17) is 0 Å². The van der Waals surface area contributed by atoms with Gasteiger partial charge in [-0.25, -0.2) is 8.42 Å². The van der Waals surface area contributed by atoms with E-state index in [2.05, 4.69) is 15.9 Å². The summed E-state index contributed by atoms with van der Waals surface area (Å²) in [6, 6.07) is 4.59. The molecule has 4 nitrogen and oxygen atoms in total. The summed E-state index contributed by atoms with van der Waals surface area (Å²) < 4.78 is 27.1. The van der Waals surface area contributed by atoms with Crippen LogP contribution in [0.15, 0.2) is 27.6 Å². The summed E-state index contributed by atoms with van der Waals surface area (Å²) in [6.07, 6.45) is 3.03. The van der Waals surface area contributed by atoms with E-state index in [0.29, 0.717) is 17.4 Å². The zero-order valence-corrected chi connectivity index (χ0v) is 13.1. The highest BCUT2D eigenvalue weighted by Gasteiger charge is 2.34. The van der Waals surface area contributed by atoms with E-state index in [-0.39, 0.29) is 4.90 Å². The molecular weight excluding hydrogens is 330 g/mol. The standard InChI is InChI=1S/C13H16BrNO3S/c1-10-5-6-13(12(14)8-10)19(17,18)15-7-3-2-4-11(15)9-16/h5-6,8-9,11H,2-4,7H2,1H3. The molecule has 0 radical (unpaired) electrons. The Morgan fingerprint density at radius 2 is 2.11 bits per heavy atom. The van der Waals surface area contributed by atoms with Crippen LogP contribution in [0, 0.1) is 6.92 Å². The van der Waals surface area contributed by atoms with Gasteiger partial charge in [0.15, 0.2) is 0 Å². The van der Waals surface area contributed by atoms with Crippen molar-refractivity contribution in [3.05, 3.63) is 28.2 Å². The number of carbonyl (C=O) groups excluding carboxylic acids is 1. The second-order valence-electron chi connectivity index (χ2n) is 4.75. The summed E-state index contributed by atoms with van der Waals surface area (Å²) in [5.41, 5.74) is 0.983. The normalized spacial score (nSPS) is 21.3. The number of sulfonamides is 1. The molecule has 1 heterocycles. The van der Waals surface area contributed by atoms with Crippen LogP contribution in [0.5, 0.6) is 0 Å². The minimum atomic E-state index is -3.62. The Hall–Kier alpha value is -0.720. The number of aldehydes is 1. The van der Waals surface area contributed by atoms with Crippen molar-refractivity contribution >= 4 is 32.2 Å². The first-order valence-corrected chi connectivity index (χ1v) is 8.43. The summed E-state index contributed by atoms with van der Waals surface area (Å²) in [4.78, 5) is 11.3. The molecule has 1 aliphatic rings. The highest BCUT2D eigenvalue weighted by molar-refractivity contribution is 9.10. The largest absolute Gasteiger partial charge is 0.302 e. The van der Waals surface area contributed by atoms with Crippen molar-refractivity contribution in [3.8, 4) is 0 Å². The fourth-order valence-corrected chi connectivity index (χ4v) is 5.09. The fourth-order valence-electron chi connectivity index (χ4n) is 2.31. The molecule has 1 aliphatic heterocycles. The smallest absolute Gasteiger partial charge is 0.244 e. The van der Waals surface area contributed by atoms with Gasteiger partial charge in [0.05, 0.1) is 10.9 Å². The van der Waals surface area contributed by atoms with E-state index in [9.17, 15) is 13.2 Å². The van der Waals surface area contributed by atoms with Gasteiger partial charge in [0.2, 0.25) is 10.0 Å². The zero-order chi connectivity index (χ0) is 14.0. The number of hydrogen-bond donors (Lipinski definition) is 0. The van der Waals surface area contributed by atoms with E-state index in [1.165, 1.54) is 4.31 Å². The number of aryl methyl sites for hydroxylation is 1. The minimum Gasteiger partial charge on any atom is -0.302 e. The molecular formula is C13H16BrNO3S. The summed E-state index contributed by atoms with van der Waals surface area (Å²) in [5, 5.41) is 0. The molecule has 104 valence electrons. The molecule has 0 aromatic heterocycles. The Bertz CT molecular complexity index is 586. The van der Waals surface area contributed by atoms with Crippen molar-refractivity contribution in [3.63, 3.8) is 0 Å². The lowest BCUT2D eigenvalue weighted by atomic mass is 10.1. The maximum atomic E-state index is 12.6. The van der Waals surface area contributed by atoms with Gasteiger partial charge in [-0.1, -0.05) is 12.5 Å². The highest BCUT2D eigenvalue weighted by atomic mass is 79.9. The third-order valence-corrected chi connectivity index (χ3v) is 6.23. The van der Waals surface area contributed by atoms with Gasteiger partial charge in [0.1, 0.15) is 6.29 Å². The topological polar surface area (TPSA) is 54.5 Å². The van der Waals surface area contributed by atoms with Gasteiger partial charge in [-0.3, -0.25) is 0 Å². The first-order chi connectivity index (χ1) is 8.96. The van der Waals surface area contributed by atoms with Gasteiger partial charge in [-0.2, -0.15) is 4.31 Å². The SMILES string of the molecule is Cc1ccc(S(=O)(=O)N2CCCCC2C=O)c(Br)c1. The van der Waals surface area contributed by atoms with Gasteiger partial charge < -0.3 is 4.79 Å². The molecule has 0 saturated carbocycles. The first kappa shape index (κ1) is 14.7. The van der Waals surface area contributed by atoms with Gasteiger partial charge in [0.25, 0.3) is 0 Å². The summed E-state index contributed by atoms with van der Waals surface area (Å²) in [5.74, 6) is 0. The average Bonchev–Trinajstić information content (AvgIpc) is 2.38. The highest BCUT2D eigenvalue weighted by Crippen LogP contribution is 2.29. The second-order valence-corrected chi connectivity index (χ2v) is 7.46. The summed E-state index contributed by atoms with van der Waals surface area (Å²) in [6.45, 7) is 2.31. The molecule has 0 bridgehead atoms. The van der Waals surface area contributed by atoms with Crippen LogP contribution >= 0.6 is 15.9 Å². The van der Waals surface area contributed by atoms with E-state index >= 15 is 0 Å². The van der Waals surface area contributed by atoms with Crippen LogP contribution in [-0.2, 0) is 14.8 Å². The third-order valence-electron chi connectivity index (χ3n) is 3.33. The predicted molar refractivity (Wildman–Crippen MR) is 76.5 cm³/mol. The molecule has 1 saturated heterocycles. The lowest BCUT2D eigenvalue weighted by Gasteiger charge is -2.31. The maximum Gasteiger partial charge on any atom is 0.244 e. The Morgan fingerprint density at radius 3 is 2.74 bits per heavy atom. The van der Waals surface area contributed by atoms with Crippen LogP contribution in [0.25, 0.3) is 0 Å². The van der Waals surface area contributed by atoms with Crippen molar-refractivity contribution < 1.29 is 13.2 Å². The zero-order valence-electron chi connectivity index (χ0n) is 10.7. The third kappa shape index (κ3) is 2.90. The second kappa shape index (κ2) is 5.73. The van der Waals surface area contributed by atoms with E-state index in [1.807, 2.05) is 6.92 Å². The number of hydrogen-bond acceptors (Lipinski definition) is 3. The van der Waals surface area contributed by atoms with Crippen LogP contribution in [0.2, 0.25) is 0 Å². The number of halogens is 1. The van der Waals surface area contributed by atoms with Crippen LogP contribution in [0.4, 0.5) is 0 Å². The molecule has 1 atom stereocenters. The first-order valence-electron chi connectivity index (χ1n) is 6.20. The summed E-state index contributed by atoms with van der Waals surface area (Å²) in [7, 11) is -3.62. The Labute approximate surface area is 122 Å². The molecule has 19 heavy (non-hydrogen) atoms. The van der Waals surface area contributed by atoms with E-state index < -0.39 is 16.1 Å². The molecule has 0 N–H and O–H groups in total. The van der Waals surface area contributed by atoms with Crippen LogP contribution in [0.1, 0.15) is 24.8 Å². The molecule has 0 amide bonds. The van der Waals surface area contributed by atoms with Gasteiger partial charge in [-0.05, 0) is 53.4 Å². The van der Waals surface area contributed by atoms with Gasteiger partial charge in [0, 0.05) is 11.0 Å². The maximum absolute atomic E-state index is 12.6. The number of benzene rings is 1. The molecule has 0 spiro atoms.